The highest BCUT2D eigenvalue weighted by molar-refractivity contribution is 6.58. The molecule has 3 heterocycles. The minimum atomic E-state index is -1.52. The lowest BCUT2D eigenvalue weighted by molar-refractivity contribution is 0.100. The summed E-state index contributed by atoms with van der Waals surface area (Å²) < 4.78 is 5.95. The van der Waals surface area contributed by atoms with Gasteiger partial charge in [-0.15, -0.1) is 0 Å². The number of likely N-dealkylation sites (N-methyl/N-ethyl adjacent to an activating group) is 1. The minimum absolute atomic E-state index is 0.320. The maximum Gasteiger partial charge on any atom is 0.488 e. The van der Waals surface area contributed by atoms with Crippen LogP contribution in [0.3, 0.4) is 0 Å². The highest BCUT2D eigenvalue weighted by atomic mass is 16.4. The molecule has 0 saturated carbocycles. The smallest absolute Gasteiger partial charge is 0.460 e. The number of carbonyl (C=O) groups is 1. The largest absolute Gasteiger partial charge is 0.488 e. The van der Waals surface area contributed by atoms with E-state index in [4.69, 9.17) is 20.1 Å². The number of para-hydroxylation sites is 1. The summed E-state index contributed by atoms with van der Waals surface area (Å²) in [5, 5.41) is 23.2. The topological polar surface area (TPSA) is 138 Å². The Bertz CT molecular complexity index is 1440. The van der Waals surface area contributed by atoms with Gasteiger partial charge in [0, 0.05) is 37.0 Å². The summed E-state index contributed by atoms with van der Waals surface area (Å²) in [6.07, 6.45) is 0.781. The van der Waals surface area contributed by atoms with E-state index in [0.29, 0.717) is 47.1 Å². The fourth-order valence-electron chi connectivity index (χ4n) is 4.57. The average Bonchev–Trinajstić information content (AvgIpc) is 3.18. The van der Waals surface area contributed by atoms with Crippen molar-refractivity contribution in [3.63, 3.8) is 0 Å². The molecule has 5 N–H and O–H groups in total. The fraction of sp³-hybridized carbons (Fsp3) is 0.240. The molecule has 1 aliphatic rings. The third-order valence-electron chi connectivity index (χ3n) is 6.34. The first-order chi connectivity index (χ1) is 16.8. The average molecular weight is 471 g/mol. The van der Waals surface area contributed by atoms with Gasteiger partial charge in [-0.3, -0.25) is 4.79 Å². The molecule has 4 aromatic rings. The second kappa shape index (κ2) is 9.14. The van der Waals surface area contributed by atoms with Crippen molar-refractivity contribution < 1.29 is 19.3 Å². The predicted molar refractivity (Wildman–Crippen MR) is 134 cm³/mol. The summed E-state index contributed by atoms with van der Waals surface area (Å²) in [5.74, 6) is 1.29. The van der Waals surface area contributed by atoms with E-state index in [1.165, 1.54) is 0 Å². The number of primary amides is 1. The Labute approximate surface area is 202 Å². The Kier molecular flexibility index (Phi) is 6.02. The number of rotatable bonds is 6. The van der Waals surface area contributed by atoms with Crippen LogP contribution < -0.4 is 16.5 Å². The zero-order valence-corrected chi connectivity index (χ0v) is 19.6. The van der Waals surface area contributed by atoms with Gasteiger partial charge in [-0.2, -0.15) is 0 Å². The first-order valence-corrected chi connectivity index (χ1v) is 11.4. The number of hydrogen-bond acceptors (Lipinski definition) is 8. The van der Waals surface area contributed by atoms with Crippen LogP contribution in [-0.2, 0) is 19.5 Å². The zero-order valence-electron chi connectivity index (χ0n) is 19.6. The first-order valence-electron chi connectivity index (χ1n) is 11.4. The molecule has 0 aliphatic carbocycles. The highest BCUT2D eigenvalue weighted by Gasteiger charge is 2.25. The Hall–Kier alpha value is -3.73. The van der Waals surface area contributed by atoms with E-state index in [1.54, 1.807) is 30.3 Å². The van der Waals surface area contributed by atoms with Crippen molar-refractivity contribution in [2.24, 2.45) is 5.73 Å². The fourth-order valence-corrected chi connectivity index (χ4v) is 4.57. The molecule has 1 amide bonds. The van der Waals surface area contributed by atoms with Gasteiger partial charge in [0.05, 0.1) is 16.8 Å². The lowest BCUT2D eigenvalue weighted by Gasteiger charge is -2.26. The molecule has 10 heteroatoms. The Morgan fingerprint density at radius 1 is 1.23 bits per heavy atom. The van der Waals surface area contributed by atoms with Gasteiger partial charge in [-0.05, 0) is 31.1 Å². The molecule has 0 atom stereocenters. The van der Waals surface area contributed by atoms with Crippen molar-refractivity contribution in [2.75, 3.05) is 18.9 Å². The van der Waals surface area contributed by atoms with E-state index < -0.39 is 13.0 Å². The van der Waals surface area contributed by atoms with Gasteiger partial charge in [0.1, 0.15) is 17.2 Å². The molecule has 0 fully saturated rings. The van der Waals surface area contributed by atoms with Crippen LogP contribution in [0.1, 0.15) is 32.9 Å². The third kappa shape index (κ3) is 4.39. The van der Waals surface area contributed by atoms with Crippen molar-refractivity contribution in [1.82, 2.24) is 14.9 Å². The van der Waals surface area contributed by atoms with E-state index >= 15 is 0 Å². The second-order valence-corrected chi connectivity index (χ2v) is 8.86. The molecule has 9 nitrogen and oxygen atoms in total. The number of amides is 1. The maximum absolute atomic E-state index is 11.9. The molecule has 178 valence electrons. The molecule has 1 aliphatic heterocycles. The number of nitrogens with one attached hydrogen (secondary N) is 1. The van der Waals surface area contributed by atoms with Crippen molar-refractivity contribution in [2.45, 2.75) is 26.4 Å². The van der Waals surface area contributed by atoms with Crippen LogP contribution in [0, 0.1) is 6.92 Å². The normalized spacial score (nSPS) is 13.6. The van der Waals surface area contributed by atoms with Crippen LogP contribution in [-0.4, -0.2) is 51.5 Å². The molecule has 2 aromatic carbocycles. The minimum Gasteiger partial charge on any atom is -0.460 e. The van der Waals surface area contributed by atoms with E-state index in [0.717, 1.165) is 40.7 Å². The lowest BCUT2D eigenvalue weighted by Crippen LogP contribution is -2.30. The number of nitrogens with two attached hydrogens (primary N) is 1. The van der Waals surface area contributed by atoms with Gasteiger partial charge in [0.2, 0.25) is 0 Å². The van der Waals surface area contributed by atoms with Gasteiger partial charge in [-0.1, -0.05) is 36.4 Å². The summed E-state index contributed by atoms with van der Waals surface area (Å²) in [6, 6.07) is 12.4. The number of anilines is 1. The first kappa shape index (κ1) is 23.0. The van der Waals surface area contributed by atoms with E-state index in [1.807, 2.05) is 19.1 Å². The van der Waals surface area contributed by atoms with Crippen LogP contribution >= 0.6 is 0 Å². The summed E-state index contributed by atoms with van der Waals surface area (Å²) in [7, 11) is 0.538. The number of furan rings is 1. The van der Waals surface area contributed by atoms with Gasteiger partial charge in [-0.25, -0.2) is 9.97 Å². The van der Waals surface area contributed by atoms with Gasteiger partial charge in [0.15, 0.2) is 5.82 Å². The standard InChI is InChI=1S/C25H26BN5O4/c1-14-21(17-7-4-8-18(23(27)32)22(17)35-14)25-29-20-9-10-31(2)13-19(20)24(30-25)28-12-15-5-3-6-16(11-15)26(33)34/h3-8,11,33-34H,9-10,12-13H2,1-2H3,(H2,27,32)(H,28,29,30). The van der Waals surface area contributed by atoms with Crippen LogP contribution in [0.2, 0.25) is 0 Å². The molecule has 0 unspecified atom stereocenters. The summed E-state index contributed by atoms with van der Waals surface area (Å²) in [5.41, 5.74) is 10.4. The molecule has 2 aromatic heterocycles. The van der Waals surface area contributed by atoms with Gasteiger partial charge in [0.25, 0.3) is 5.91 Å². The number of fused-ring (bicyclic) bond motifs is 2. The molecule has 0 saturated heterocycles. The van der Waals surface area contributed by atoms with E-state index in [9.17, 15) is 14.8 Å². The third-order valence-corrected chi connectivity index (χ3v) is 6.34. The summed E-state index contributed by atoms with van der Waals surface area (Å²) in [4.78, 5) is 23.9. The van der Waals surface area contributed by atoms with E-state index in [2.05, 4.69) is 17.3 Å². The lowest BCUT2D eigenvalue weighted by atomic mass is 9.79. The van der Waals surface area contributed by atoms with Crippen molar-refractivity contribution in [3.8, 4) is 11.4 Å². The molecule has 0 spiro atoms. The maximum atomic E-state index is 11.9. The molecular formula is C25H26BN5O4. The van der Waals surface area contributed by atoms with Crippen molar-refractivity contribution in [1.29, 1.82) is 0 Å². The summed E-state index contributed by atoms with van der Waals surface area (Å²) >= 11 is 0. The van der Waals surface area contributed by atoms with Gasteiger partial charge < -0.3 is 30.4 Å². The van der Waals surface area contributed by atoms with Crippen molar-refractivity contribution in [3.05, 3.63) is 70.6 Å². The Morgan fingerprint density at radius 3 is 2.80 bits per heavy atom. The Morgan fingerprint density at radius 2 is 2.03 bits per heavy atom. The van der Waals surface area contributed by atoms with E-state index in [-0.39, 0.29) is 0 Å². The quantitative estimate of drug-likeness (QED) is 0.311. The number of aryl methyl sites for hydroxylation is 1. The zero-order chi connectivity index (χ0) is 24.7. The van der Waals surface area contributed by atoms with Crippen LogP contribution in [0.5, 0.6) is 0 Å². The van der Waals surface area contributed by atoms with Crippen molar-refractivity contribution >= 4 is 35.3 Å². The summed E-state index contributed by atoms with van der Waals surface area (Å²) in [6.45, 7) is 3.88. The number of nitrogens with zero attached hydrogens (tertiary/aromatic N) is 3. The number of aromatic nitrogens is 2. The number of hydrogen-bond donors (Lipinski definition) is 4. The molecule has 35 heavy (non-hydrogen) atoms. The molecular weight excluding hydrogens is 445 g/mol. The predicted octanol–water partition coefficient (Wildman–Crippen LogP) is 1.58. The Balaban J connectivity index is 1.59. The van der Waals surface area contributed by atoms with Gasteiger partial charge >= 0.3 is 7.12 Å². The highest BCUT2D eigenvalue weighted by Crippen LogP contribution is 2.36. The monoisotopic (exact) mass is 471 g/mol. The number of carbonyl (C=O) groups excluding carboxylic acids is 1. The SMILES string of the molecule is Cc1oc2c(C(N)=O)cccc2c1-c1nc2c(c(NCc3cccc(B(O)O)c3)n1)CN(C)CC2. The molecule has 0 bridgehead atoms. The van der Waals surface area contributed by atoms with Crippen LogP contribution in [0.15, 0.2) is 46.9 Å². The number of benzene rings is 2. The molecule has 0 radical (unpaired) electrons. The van der Waals surface area contributed by atoms with Crippen LogP contribution in [0.25, 0.3) is 22.4 Å². The van der Waals surface area contributed by atoms with Crippen LogP contribution in [0.4, 0.5) is 5.82 Å². The molecule has 5 rings (SSSR count). The second-order valence-electron chi connectivity index (χ2n) is 8.86.